The molecule has 19 heavy (non-hydrogen) atoms. The average Bonchev–Trinajstić information content (AvgIpc) is 2.37. The minimum absolute atomic E-state index is 0.203. The predicted octanol–water partition coefficient (Wildman–Crippen LogP) is 3.06. The molecule has 0 aromatic heterocycles. The van der Waals surface area contributed by atoms with E-state index in [2.05, 4.69) is 45.1 Å². The Kier molecular flexibility index (Phi) is 6.32. The van der Waals surface area contributed by atoms with Crippen LogP contribution in [0.3, 0.4) is 0 Å². The van der Waals surface area contributed by atoms with E-state index < -0.39 is 0 Å². The molecule has 0 saturated heterocycles. The van der Waals surface area contributed by atoms with Gasteiger partial charge in [0, 0.05) is 24.3 Å². The molecule has 3 heteroatoms. The highest BCUT2D eigenvalue weighted by Crippen LogP contribution is 2.27. The molecule has 108 valence electrons. The van der Waals surface area contributed by atoms with Crippen LogP contribution in [0.25, 0.3) is 0 Å². The van der Waals surface area contributed by atoms with Crippen molar-refractivity contribution in [2.45, 2.75) is 46.2 Å². The van der Waals surface area contributed by atoms with Crippen LogP contribution >= 0.6 is 0 Å². The Bertz CT molecular complexity index is 390. The zero-order valence-electron chi connectivity index (χ0n) is 12.7. The van der Waals surface area contributed by atoms with E-state index in [1.54, 1.807) is 7.11 Å². The summed E-state index contributed by atoms with van der Waals surface area (Å²) < 4.78 is 5.43. The van der Waals surface area contributed by atoms with Gasteiger partial charge in [0.2, 0.25) is 0 Å². The first-order valence-corrected chi connectivity index (χ1v) is 7.01. The van der Waals surface area contributed by atoms with Gasteiger partial charge in [-0.3, -0.25) is 0 Å². The molecule has 0 fully saturated rings. The molecule has 1 aromatic carbocycles. The summed E-state index contributed by atoms with van der Waals surface area (Å²) in [7, 11) is 1.70. The van der Waals surface area contributed by atoms with Crippen molar-refractivity contribution in [3.8, 4) is 5.75 Å². The second-order valence-corrected chi connectivity index (χ2v) is 5.50. The number of nitrogens with one attached hydrogen (secondary N) is 1. The summed E-state index contributed by atoms with van der Waals surface area (Å²) >= 11 is 0. The Labute approximate surface area is 117 Å². The molecule has 0 aliphatic heterocycles. The quantitative estimate of drug-likeness (QED) is 0.796. The van der Waals surface area contributed by atoms with Gasteiger partial charge < -0.3 is 15.2 Å². The smallest absolute Gasteiger partial charge is 0.123 e. The largest absolute Gasteiger partial charge is 0.496 e. The number of methoxy groups -OCH3 is 1. The van der Waals surface area contributed by atoms with E-state index in [-0.39, 0.29) is 12.6 Å². The number of hydrogen-bond acceptors (Lipinski definition) is 3. The molecule has 3 nitrogen and oxygen atoms in total. The van der Waals surface area contributed by atoms with Gasteiger partial charge in [0.1, 0.15) is 5.75 Å². The molecule has 2 atom stereocenters. The Morgan fingerprint density at radius 2 is 1.95 bits per heavy atom. The highest BCUT2D eigenvalue weighted by Gasteiger charge is 2.18. The van der Waals surface area contributed by atoms with E-state index in [0.29, 0.717) is 12.0 Å². The van der Waals surface area contributed by atoms with Gasteiger partial charge >= 0.3 is 0 Å². The van der Waals surface area contributed by atoms with Crippen molar-refractivity contribution in [1.82, 2.24) is 5.32 Å². The van der Waals surface area contributed by atoms with Crippen molar-refractivity contribution >= 4 is 0 Å². The van der Waals surface area contributed by atoms with E-state index in [4.69, 9.17) is 9.84 Å². The number of aryl methyl sites for hydroxylation is 1. The molecule has 0 aliphatic carbocycles. The topological polar surface area (TPSA) is 41.5 Å². The second kappa shape index (κ2) is 7.51. The Morgan fingerprint density at radius 3 is 2.47 bits per heavy atom. The Morgan fingerprint density at radius 1 is 1.26 bits per heavy atom. The highest BCUT2D eigenvalue weighted by atomic mass is 16.5. The van der Waals surface area contributed by atoms with Crippen molar-refractivity contribution in [2.75, 3.05) is 13.7 Å². The van der Waals surface area contributed by atoms with E-state index in [1.165, 1.54) is 11.1 Å². The molecule has 0 heterocycles. The van der Waals surface area contributed by atoms with Crippen LogP contribution in [-0.4, -0.2) is 24.9 Å². The SMILES string of the molecule is COc1ccc(C)cc1C(C)NC(CCO)C(C)C. The maximum atomic E-state index is 9.15. The molecule has 1 rings (SSSR count). The summed E-state index contributed by atoms with van der Waals surface area (Å²) in [5.74, 6) is 1.41. The van der Waals surface area contributed by atoms with E-state index in [1.807, 2.05) is 6.07 Å². The lowest BCUT2D eigenvalue weighted by Crippen LogP contribution is -2.36. The maximum absolute atomic E-state index is 9.15. The Balaban J connectivity index is 2.86. The summed E-state index contributed by atoms with van der Waals surface area (Å²) in [5.41, 5.74) is 2.40. The van der Waals surface area contributed by atoms with Gasteiger partial charge in [0.25, 0.3) is 0 Å². The summed E-state index contributed by atoms with van der Waals surface area (Å²) in [6.45, 7) is 8.79. The van der Waals surface area contributed by atoms with Gasteiger partial charge in [-0.15, -0.1) is 0 Å². The van der Waals surface area contributed by atoms with Gasteiger partial charge in [-0.05, 0) is 32.3 Å². The van der Waals surface area contributed by atoms with Crippen molar-refractivity contribution in [3.63, 3.8) is 0 Å². The summed E-state index contributed by atoms with van der Waals surface area (Å²) in [5, 5.41) is 12.7. The van der Waals surface area contributed by atoms with Crippen molar-refractivity contribution in [2.24, 2.45) is 5.92 Å². The molecule has 0 aliphatic rings. The number of benzene rings is 1. The standard InChI is InChI=1S/C16H27NO2/c1-11(2)15(8-9-18)17-13(4)14-10-12(3)6-7-16(14)19-5/h6-7,10-11,13,15,17-18H,8-9H2,1-5H3. The zero-order chi connectivity index (χ0) is 14.4. The lowest BCUT2D eigenvalue weighted by Gasteiger charge is -2.27. The average molecular weight is 265 g/mol. The van der Waals surface area contributed by atoms with E-state index in [9.17, 15) is 0 Å². The van der Waals surface area contributed by atoms with Gasteiger partial charge in [0.05, 0.1) is 7.11 Å². The Hall–Kier alpha value is -1.06. The van der Waals surface area contributed by atoms with Crippen LogP contribution in [0.4, 0.5) is 0 Å². The highest BCUT2D eigenvalue weighted by molar-refractivity contribution is 5.38. The van der Waals surface area contributed by atoms with Crippen LogP contribution < -0.4 is 10.1 Å². The number of aliphatic hydroxyl groups is 1. The van der Waals surface area contributed by atoms with Crippen molar-refractivity contribution in [1.29, 1.82) is 0 Å². The first kappa shape index (κ1) is 16.0. The lowest BCUT2D eigenvalue weighted by molar-refractivity contribution is 0.236. The number of aliphatic hydroxyl groups excluding tert-OH is 1. The van der Waals surface area contributed by atoms with Gasteiger partial charge in [0.15, 0.2) is 0 Å². The minimum atomic E-state index is 0.203. The van der Waals surface area contributed by atoms with Gasteiger partial charge in [-0.25, -0.2) is 0 Å². The molecular formula is C16H27NO2. The molecule has 0 bridgehead atoms. The maximum Gasteiger partial charge on any atom is 0.123 e. The lowest BCUT2D eigenvalue weighted by atomic mass is 9.97. The summed E-state index contributed by atoms with van der Waals surface area (Å²) in [4.78, 5) is 0. The fourth-order valence-corrected chi connectivity index (χ4v) is 2.35. The summed E-state index contributed by atoms with van der Waals surface area (Å²) in [6, 6.07) is 6.74. The normalized spacial score (nSPS) is 14.5. The first-order valence-electron chi connectivity index (χ1n) is 7.01. The van der Waals surface area contributed by atoms with Gasteiger partial charge in [-0.1, -0.05) is 31.5 Å². The number of hydrogen-bond donors (Lipinski definition) is 2. The summed E-state index contributed by atoms with van der Waals surface area (Å²) in [6.07, 6.45) is 0.774. The van der Waals surface area contributed by atoms with Crippen LogP contribution in [0.1, 0.15) is 44.4 Å². The van der Waals surface area contributed by atoms with Crippen LogP contribution in [0.2, 0.25) is 0 Å². The molecule has 2 unspecified atom stereocenters. The van der Waals surface area contributed by atoms with Crippen LogP contribution in [0, 0.1) is 12.8 Å². The minimum Gasteiger partial charge on any atom is -0.496 e. The molecule has 0 spiro atoms. The molecule has 0 amide bonds. The second-order valence-electron chi connectivity index (χ2n) is 5.50. The fraction of sp³-hybridized carbons (Fsp3) is 0.625. The first-order chi connectivity index (χ1) is 8.99. The van der Waals surface area contributed by atoms with E-state index in [0.717, 1.165) is 12.2 Å². The molecule has 2 N–H and O–H groups in total. The van der Waals surface area contributed by atoms with Crippen molar-refractivity contribution < 1.29 is 9.84 Å². The molecule has 0 saturated carbocycles. The fourth-order valence-electron chi connectivity index (χ4n) is 2.35. The number of ether oxygens (including phenoxy) is 1. The molecule has 1 aromatic rings. The van der Waals surface area contributed by atoms with Gasteiger partial charge in [-0.2, -0.15) is 0 Å². The zero-order valence-corrected chi connectivity index (χ0v) is 12.7. The third-order valence-electron chi connectivity index (χ3n) is 3.56. The van der Waals surface area contributed by atoms with Crippen LogP contribution in [0.15, 0.2) is 18.2 Å². The van der Waals surface area contributed by atoms with E-state index >= 15 is 0 Å². The number of rotatable bonds is 7. The molecule has 0 radical (unpaired) electrons. The van der Waals surface area contributed by atoms with Crippen LogP contribution in [0.5, 0.6) is 5.75 Å². The van der Waals surface area contributed by atoms with Crippen LogP contribution in [-0.2, 0) is 0 Å². The third kappa shape index (κ3) is 4.51. The third-order valence-corrected chi connectivity index (χ3v) is 3.56. The molecular weight excluding hydrogens is 238 g/mol. The monoisotopic (exact) mass is 265 g/mol. The predicted molar refractivity (Wildman–Crippen MR) is 79.6 cm³/mol. The van der Waals surface area contributed by atoms with Crippen molar-refractivity contribution in [3.05, 3.63) is 29.3 Å².